The number of carboxylic acid groups (broad SMARTS) is 1. The number of aromatic hydroxyl groups is 2. The molecular weight excluding hydrogens is 599 g/mol. The van der Waals surface area contributed by atoms with E-state index < -0.39 is 26.6 Å². The summed E-state index contributed by atoms with van der Waals surface area (Å²) in [6, 6.07) is 4.89. The molecule has 0 amide bonds. The molecule has 2 atom stereocenters. The molecule has 0 aliphatic heterocycles. The van der Waals surface area contributed by atoms with Gasteiger partial charge >= 0.3 is 0 Å². The Hall–Kier alpha value is -3.83. The smallest absolute Gasteiger partial charge is 0.270 e. The topological polar surface area (TPSA) is 192 Å². The van der Waals surface area contributed by atoms with Crippen LogP contribution >= 0.6 is 0 Å². The fourth-order valence-electron chi connectivity index (χ4n) is 4.62. The van der Waals surface area contributed by atoms with Crippen molar-refractivity contribution in [2.24, 2.45) is 9.98 Å². The van der Waals surface area contributed by atoms with Gasteiger partial charge in [0.05, 0.1) is 21.9 Å². The molecule has 0 saturated heterocycles. The van der Waals surface area contributed by atoms with E-state index in [9.17, 15) is 30.4 Å². The molecule has 1 fully saturated rings. The van der Waals surface area contributed by atoms with E-state index in [0.29, 0.717) is 11.1 Å². The van der Waals surface area contributed by atoms with Crippen molar-refractivity contribution in [1.82, 2.24) is 0 Å². The van der Waals surface area contributed by atoms with Gasteiger partial charge < -0.3 is 20.1 Å². The van der Waals surface area contributed by atoms with Gasteiger partial charge in [-0.1, -0.05) is 54.4 Å². The average molecular weight is 639 g/mol. The number of carboxylic acids is 1. The van der Waals surface area contributed by atoms with Crippen LogP contribution in [0.5, 0.6) is 11.5 Å². The zero-order chi connectivity index (χ0) is 32.0. The van der Waals surface area contributed by atoms with Crippen molar-refractivity contribution >= 4 is 29.8 Å². The van der Waals surface area contributed by atoms with E-state index in [-0.39, 0.29) is 63.2 Å². The number of carbonyl (C=O) groups is 1. The van der Waals surface area contributed by atoms with E-state index in [1.807, 2.05) is 41.5 Å². The summed E-state index contributed by atoms with van der Waals surface area (Å²) < 4.78 is 0. The summed E-state index contributed by atoms with van der Waals surface area (Å²) in [7, 11) is 0. The van der Waals surface area contributed by atoms with Crippen LogP contribution in [0.3, 0.4) is 0 Å². The van der Waals surface area contributed by atoms with Gasteiger partial charge in [-0.3, -0.25) is 30.2 Å². The van der Waals surface area contributed by atoms with E-state index in [0.717, 1.165) is 32.6 Å². The predicted octanol–water partition coefficient (Wildman–Crippen LogP) is 5.11. The van der Waals surface area contributed by atoms with Crippen molar-refractivity contribution in [3.63, 3.8) is 0 Å². The second-order valence-corrected chi connectivity index (χ2v) is 12.3. The minimum absolute atomic E-state index is 0. The van der Waals surface area contributed by atoms with Gasteiger partial charge in [-0.15, -0.1) is 0 Å². The molecule has 43 heavy (non-hydrogen) atoms. The van der Waals surface area contributed by atoms with Gasteiger partial charge in [-0.2, -0.15) is 0 Å². The number of aliphatic carboxylic acids is 1. The SMILES string of the molecule is CC(=O)[O-].CC(C)(C)c1cc([N+](=O)[O-])cc(C=N[C@@H]2CCCC[C@H]2N=Cc2cc([N+](=O)[O-])cc(C(C)(C)C)c2O)c1O.[Mn]. The molecular formula is C30H39MnN4O8-. The number of carbonyl (C=O) groups excluding carboxylic acids is 1. The normalized spacial score (nSPS) is 17.2. The standard InChI is InChI=1S/C28H36N4O6.C2H4O2.Mn/c1-27(2,3)21-13-19(31(35)36)11-17(25(21)33)15-29-23-9-7-8-10-24(23)30-16-18-12-20(32(37)38)14-22(26(18)34)28(4,5)6;1-2(3)4;/h11-16,23-24,33-34H,7-10H2,1-6H3;1H3,(H,3,4);/p-1/t23-,24-;;/m1../s1. The largest absolute Gasteiger partial charge is 0.550 e. The minimum atomic E-state index is -1.08. The van der Waals surface area contributed by atoms with Gasteiger partial charge in [-0.25, -0.2) is 0 Å². The number of phenolic OH excluding ortho intramolecular Hbond substituents is 2. The molecule has 3 rings (SSSR count). The first kappa shape index (κ1) is 37.2. The van der Waals surface area contributed by atoms with E-state index >= 15 is 0 Å². The second-order valence-electron chi connectivity index (χ2n) is 12.3. The summed E-state index contributed by atoms with van der Waals surface area (Å²) in [5.41, 5.74) is 0.188. The molecule has 0 bridgehead atoms. The van der Waals surface area contributed by atoms with Crippen molar-refractivity contribution in [2.75, 3.05) is 0 Å². The first-order valence-corrected chi connectivity index (χ1v) is 13.6. The third-order valence-electron chi connectivity index (χ3n) is 6.79. The van der Waals surface area contributed by atoms with Gasteiger partial charge in [0.25, 0.3) is 11.4 Å². The quantitative estimate of drug-likeness (QED) is 0.189. The van der Waals surface area contributed by atoms with Crippen LogP contribution in [-0.4, -0.2) is 50.5 Å². The molecule has 235 valence electrons. The minimum Gasteiger partial charge on any atom is -0.550 e. The number of aliphatic imine (C=N–C) groups is 2. The molecule has 1 radical (unpaired) electrons. The van der Waals surface area contributed by atoms with Crippen LogP contribution in [-0.2, 0) is 32.7 Å². The Labute approximate surface area is 261 Å². The first-order chi connectivity index (χ1) is 19.3. The maximum Gasteiger partial charge on any atom is 0.270 e. The van der Waals surface area contributed by atoms with Crippen molar-refractivity contribution < 1.29 is 47.0 Å². The maximum atomic E-state index is 11.5. The average Bonchev–Trinajstić information content (AvgIpc) is 2.86. The summed E-state index contributed by atoms with van der Waals surface area (Å²) in [5.74, 6) is -1.17. The maximum absolute atomic E-state index is 11.5. The van der Waals surface area contributed by atoms with E-state index in [2.05, 4.69) is 9.98 Å². The number of rotatable bonds is 6. The fourth-order valence-corrected chi connectivity index (χ4v) is 4.62. The van der Waals surface area contributed by atoms with Crippen LogP contribution in [0.4, 0.5) is 11.4 Å². The summed E-state index contributed by atoms with van der Waals surface area (Å²) in [6.07, 6.45) is 6.26. The van der Waals surface area contributed by atoms with Gasteiger partial charge in [-0.05, 0) is 30.6 Å². The molecule has 0 unspecified atom stereocenters. The third kappa shape index (κ3) is 10.4. The summed E-state index contributed by atoms with van der Waals surface area (Å²) >= 11 is 0. The van der Waals surface area contributed by atoms with Crippen LogP contribution < -0.4 is 5.11 Å². The Morgan fingerprint density at radius 1 is 0.791 bits per heavy atom. The van der Waals surface area contributed by atoms with Crippen LogP contribution in [0.25, 0.3) is 0 Å². The zero-order valence-corrected chi connectivity index (χ0v) is 26.6. The van der Waals surface area contributed by atoms with Crippen LogP contribution in [0.1, 0.15) is 96.4 Å². The van der Waals surface area contributed by atoms with E-state index in [1.54, 1.807) is 0 Å². The summed E-state index contributed by atoms with van der Waals surface area (Å²) in [6.45, 7) is 12.2. The Kier molecular flexibility index (Phi) is 13.0. The molecule has 2 N–H and O–H groups in total. The predicted molar refractivity (Wildman–Crippen MR) is 159 cm³/mol. The third-order valence-corrected chi connectivity index (χ3v) is 6.79. The molecule has 0 aromatic heterocycles. The number of phenols is 2. The molecule has 2 aromatic carbocycles. The number of non-ortho nitro benzene ring substituents is 2. The Bertz CT molecular complexity index is 1290. The van der Waals surface area contributed by atoms with Crippen molar-refractivity contribution in [3.05, 3.63) is 66.7 Å². The molecule has 1 aliphatic carbocycles. The number of hydrogen-bond donors (Lipinski definition) is 2. The fraction of sp³-hybridized carbons (Fsp3) is 0.500. The molecule has 1 aliphatic rings. The Morgan fingerprint density at radius 3 is 1.35 bits per heavy atom. The number of nitro benzene ring substituents is 2. The molecule has 0 heterocycles. The van der Waals surface area contributed by atoms with Gasteiger partial charge in [0.1, 0.15) is 11.5 Å². The second kappa shape index (κ2) is 15.1. The molecule has 1 saturated carbocycles. The van der Waals surface area contributed by atoms with Crippen molar-refractivity contribution in [1.29, 1.82) is 0 Å². The molecule has 12 nitrogen and oxygen atoms in total. The number of hydrogen-bond acceptors (Lipinski definition) is 10. The zero-order valence-electron chi connectivity index (χ0n) is 25.5. The van der Waals surface area contributed by atoms with Gasteiger partial charge in [0.2, 0.25) is 0 Å². The molecule has 13 heteroatoms. The summed E-state index contributed by atoms with van der Waals surface area (Å²) in [5, 5.41) is 53.6. The van der Waals surface area contributed by atoms with Gasteiger partial charge in [0, 0.05) is 82.0 Å². The van der Waals surface area contributed by atoms with E-state index in [4.69, 9.17) is 9.90 Å². The van der Waals surface area contributed by atoms with Crippen molar-refractivity contribution in [2.45, 2.75) is 97.1 Å². The van der Waals surface area contributed by atoms with Gasteiger partial charge in [0.15, 0.2) is 0 Å². The molecule has 0 spiro atoms. The number of nitrogens with zero attached hydrogens (tertiary/aromatic N) is 4. The molecule has 2 aromatic rings. The van der Waals surface area contributed by atoms with Crippen molar-refractivity contribution in [3.8, 4) is 11.5 Å². The Morgan fingerprint density at radius 2 is 1.09 bits per heavy atom. The summed E-state index contributed by atoms with van der Waals surface area (Å²) in [4.78, 5) is 40.2. The number of benzene rings is 2. The number of nitro groups is 2. The van der Waals surface area contributed by atoms with Crippen LogP contribution in [0.15, 0.2) is 34.3 Å². The Balaban J connectivity index is 0.00000174. The monoisotopic (exact) mass is 638 g/mol. The van der Waals surface area contributed by atoms with Crippen LogP contribution in [0.2, 0.25) is 0 Å². The first-order valence-electron chi connectivity index (χ1n) is 13.6. The van der Waals surface area contributed by atoms with Crippen LogP contribution in [0, 0.1) is 20.2 Å². The van der Waals surface area contributed by atoms with E-state index in [1.165, 1.54) is 36.7 Å².